The number of nitriles is 1. The van der Waals surface area contributed by atoms with E-state index in [0.29, 0.717) is 28.5 Å². The molecule has 0 bridgehead atoms. The van der Waals surface area contributed by atoms with Crippen molar-refractivity contribution in [3.63, 3.8) is 0 Å². The van der Waals surface area contributed by atoms with Gasteiger partial charge in [-0.1, -0.05) is 0 Å². The number of carbonyl (C=O) groups excluding carboxylic acids is 1. The third kappa shape index (κ3) is 4.91. The Kier molecular flexibility index (Phi) is 6.63. The van der Waals surface area contributed by atoms with Crippen LogP contribution in [0.2, 0.25) is 0 Å². The van der Waals surface area contributed by atoms with Gasteiger partial charge < -0.3 is 10.6 Å². The highest BCUT2D eigenvalue weighted by molar-refractivity contribution is 5.99. The second-order valence-corrected chi connectivity index (χ2v) is 9.62. The standard InChI is InChI=1S/C28H29N7O/c1-18(2)33-25-14-26(35-12-9-22-13-19(15-29)16-32-27(22)35)31-17-24(25)28(36)34-23-5-3-20(4-6-23)21-7-10-30-11-8-21/h7-14,16-18,20,23H,3-6H2,1-2H3,(H,31,33)(H,34,36)/t20-,23-. The van der Waals surface area contributed by atoms with Crippen LogP contribution in [0, 0.1) is 11.3 Å². The SMILES string of the molecule is CC(C)Nc1cc(-n2ccc3cc(C#N)cnc32)ncc1C(=O)N[C@H]1CC[C@H](c2ccncc2)CC1. The summed E-state index contributed by atoms with van der Waals surface area (Å²) in [5, 5.41) is 16.6. The number of pyridine rings is 3. The Hall–Kier alpha value is -4.25. The van der Waals surface area contributed by atoms with E-state index in [9.17, 15) is 4.79 Å². The van der Waals surface area contributed by atoms with Crippen LogP contribution >= 0.6 is 0 Å². The summed E-state index contributed by atoms with van der Waals surface area (Å²) in [5.41, 5.74) is 3.81. The van der Waals surface area contributed by atoms with Crippen LogP contribution in [0.5, 0.6) is 0 Å². The third-order valence-corrected chi connectivity index (χ3v) is 6.72. The van der Waals surface area contributed by atoms with E-state index in [1.54, 1.807) is 18.5 Å². The molecule has 5 rings (SSSR count). The molecular weight excluding hydrogens is 450 g/mol. The van der Waals surface area contributed by atoms with Crippen LogP contribution in [-0.2, 0) is 0 Å². The number of fused-ring (bicyclic) bond motifs is 1. The molecule has 1 aliphatic carbocycles. The molecule has 0 aliphatic heterocycles. The van der Waals surface area contributed by atoms with Crippen molar-refractivity contribution in [3.05, 3.63) is 78.0 Å². The molecule has 1 saturated carbocycles. The minimum atomic E-state index is -0.112. The van der Waals surface area contributed by atoms with Gasteiger partial charge in [0.15, 0.2) is 0 Å². The van der Waals surface area contributed by atoms with Gasteiger partial charge in [0.05, 0.1) is 16.8 Å². The van der Waals surface area contributed by atoms with E-state index in [0.717, 1.165) is 36.8 Å². The Labute approximate surface area is 210 Å². The molecule has 182 valence electrons. The predicted octanol–water partition coefficient (Wildman–Crippen LogP) is 4.96. The monoisotopic (exact) mass is 479 g/mol. The summed E-state index contributed by atoms with van der Waals surface area (Å²) in [5.74, 6) is 1.06. The summed E-state index contributed by atoms with van der Waals surface area (Å²) >= 11 is 0. The van der Waals surface area contributed by atoms with Crippen molar-refractivity contribution >= 4 is 22.6 Å². The Bertz CT molecular complexity index is 1410. The molecule has 1 aliphatic rings. The zero-order valence-electron chi connectivity index (χ0n) is 20.5. The van der Waals surface area contributed by atoms with Crippen molar-refractivity contribution < 1.29 is 4.79 Å². The molecule has 1 amide bonds. The van der Waals surface area contributed by atoms with Gasteiger partial charge >= 0.3 is 0 Å². The van der Waals surface area contributed by atoms with E-state index in [-0.39, 0.29) is 18.0 Å². The summed E-state index contributed by atoms with van der Waals surface area (Å²) in [6.07, 6.45) is 12.7. The smallest absolute Gasteiger partial charge is 0.255 e. The molecule has 4 heterocycles. The molecule has 4 aromatic rings. The normalized spacial score (nSPS) is 17.6. The summed E-state index contributed by atoms with van der Waals surface area (Å²) in [4.78, 5) is 26.5. The molecule has 2 N–H and O–H groups in total. The second-order valence-electron chi connectivity index (χ2n) is 9.62. The number of anilines is 1. The minimum Gasteiger partial charge on any atom is -0.382 e. The number of aromatic nitrogens is 4. The Morgan fingerprint density at radius 2 is 1.86 bits per heavy atom. The molecule has 8 nitrogen and oxygen atoms in total. The number of hydrogen-bond acceptors (Lipinski definition) is 6. The summed E-state index contributed by atoms with van der Waals surface area (Å²) in [6.45, 7) is 4.08. The van der Waals surface area contributed by atoms with E-state index >= 15 is 0 Å². The van der Waals surface area contributed by atoms with Gasteiger partial charge in [0.1, 0.15) is 17.5 Å². The Balaban J connectivity index is 1.34. The molecule has 0 aromatic carbocycles. The van der Waals surface area contributed by atoms with Gasteiger partial charge in [-0.2, -0.15) is 5.26 Å². The van der Waals surface area contributed by atoms with Crippen LogP contribution in [-0.4, -0.2) is 37.5 Å². The number of nitrogens with zero attached hydrogens (tertiary/aromatic N) is 5. The second kappa shape index (κ2) is 10.2. The lowest BCUT2D eigenvalue weighted by atomic mass is 9.82. The van der Waals surface area contributed by atoms with Gasteiger partial charge in [-0.3, -0.25) is 14.3 Å². The number of hydrogen-bond donors (Lipinski definition) is 2. The maximum atomic E-state index is 13.3. The van der Waals surface area contributed by atoms with Gasteiger partial charge in [0, 0.05) is 54.5 Å². The first kappa shape index (κ1) is 23.5. The molecule has 1 fully saturated rings. The summed E-state index contributed by atoms with van der Waals surface area (Å²) in [6, 6.07) is 12.2. The molecule has 0 atom stereocenters. The van der Waals surface area contributed by atoms with Crippen molar-refractivity contribution in [2.75, 3.05) is 5.32 Å². The van der Waals surface area contributed by atoms with E-state index in [1.165, 1.54) is 5.56 Å². The molecule has 4 aromatic heterocycles. The van der Waals surface area contributed by atoms with Crippen LogP contribution in [0.25, 0.3) is 16.9 Å². The fourth-order valence-electron chi connectivity index (χ4n) is 4.93. The number of rotatable bonds is 6. The van der Waals surface area contributed by atoms with Crippen molar-refractivity contribution in [2.24, 2.45) is 0 Å². The van der Waals surface area contributed by atoms with E-state index in [4.69, 9.17) is 5.26 Å². The lowest BCUT2D eigenvalue weighted by Crippen LogP contribution is -2.37. The lowest BCUT2D eigenvalue weighted by molar-refractivity contribution is 0.0926. The van der Waals surface area contributed by atoms with Crippen molar-refractivity contribution in [2.45, 2.75) is 57.5 Å². The first-order chi connectivity index (χ1) is 17.5. The zero-order valence-corrected chi connectivity index (χ0v) is 20.5. The van der Waals surface area contributed by atoms with Crippen molar-refractivity contribution in [1.82, 2.24) is 24.8 Å². The highest BCUT2D eigenvalue weighted by atomic mass is 16.1. The van der Waals surface area contributed by atoms with Crippen LogP contribution < -0.4 is 10.6 Å². The molecule has 8 heteroatoms. The highest BCUT2D eigenvalue weighted by Crippen LogP contribution is 2.33. The van der Waals surface area contributed by atoms with E-state index in [2.05, 4.69) is 43.8 Å². The van der Waals surface area contributed by atoms with E-state index < -0.39 is 0 Å². The van der Waals surface area contributed by atoms with Gasteiger partial charge in [0.2, 0.25) is 0 Å². The van der Waals surface area contributed by atoms with Crippen LogP contribution in [0.15, 0.2) is 61.3 Å². The molecule has 36 heavy (non-hydrogen) atoms. The van der Waals surface area contributed by atoms with Crippen molar-refractivity contribution in [1.29, 1.82) is 5.26 Å². The highest BCUT2D eigenvalue weighted by Gasteiger charge is 2.25. The maximum Gasteiger partial charge on any atom is 0.255 e. The van der Waals surface area contributed by atoms with E-state index in [1.807, 2.05) is 49.1 Å². The fourth-order valence-corrected chi connectivity index (χ4v) is 4.93. The van der Waals surface area contributed by atoms with Crippen molar-refractivity contribution in [3.8, 4) is 11.9 Å². The lowest BCUT2D eigenvalue weighted by Gasteiger charge is -2.29. The fraction of sp³-hybridized carbons (Fsp3) is 0.321. The first-order valence-corrected chi connectivity index (χ1v) is 12.4. The van der Waals surface area contributed by atoms with Gasteiger partial charge in [-0.05, 0) is 75.3 Å². The predicted molar refractivity (Wildman–Crippen MR) is 139 cm³/mol. The topological polar surface area (TPSA) is 109 Å². The molecule has 0 spiro atoms. The first-order valence-electron chi connectivity index (χ1n) is 12.4. The number of carbonyl (C=O) groups is 1. The van der Waals surface area contributed by atoms with Crippen LogP contribution in [0.1, 0.15) is 66.9 Å². The van der Waals surface area contributed by atoms with Gasteiger partial charge in [-0.25, -0.2) is 9.97 Å². The third-order valence-electron chi connectivity index (χ3n) is 6.72. The average Bonchev–Trinajstić information content (AvgIpc) is 3.32. The summed E-state index contributed by atoms with van der Waals surface area (Å²) in [7, 11) is 0. The minimum absolute atomic E-state index is 0.112. The molecule has 0 radical (unpaired) electrons. The zero-order chi connectivity index (χ0) is 25.1. The maximum absolute atomic E-state index is 13.3. The van der Waals surface area contributed by atoms with Crippen LogP contribution in [0.4, 0.5) is 5.69 Å². The van der Waals surface area contributed by atoms with Gasteiger partial charge in [0.25, 0.3) is 5.91 Å². The molecule has 0 saturated heterocycles. The largest absolute Gasteiger partial charge is 0.382 e. The average molecular weight is 480 g/mol. The number of amides is 1. The molecular formula is C28H29N7O. The van der Waals surface area contributed by atoms with Crippen LogP contribution in [0.3, 0.4) is 0 Å². The van der Waals surface area contributed by atoms with Gasteiger partial charge in [-0.15, -0.1) is 0 Å². The quantitative estimate of drug-likeness (QED) is 0.404. The summed E-state index contributed by atoms with van der Waals surface area (Å²) < 4.78 is 1.87. The molecule has 0 unspecified atom stereocenters. The number of nitrogens with one attached hydrogen (secondary N) is 2. The Morgan fingerprint density at radius 1 is 1.08 bits per heavy atom. The Morgan fingerprint density at radius 3 is 2.58 bits per heavy atom.